The molecule has 28 heavy (non-hydrogen) atoms. The fourth-order valence-corrected chi connectivity index (χ4v) is 2.57. The van der Waals surface area contributed by atoms with E-state index in [0.29, 0.717) is 23.4 Å². The lowest BCUT2D eigenvalue weighted by atomic mass is 10.0. The molecule has 2 N–H and O–H groups in total. The number of hydrogen-bond donors (Lipinski definition) is 2. The number of halogens is 1. The Balaban J connectivity index is 2.11. The van der Waals surface area contributed by atoms with Crippen LogP contribution in [0.2, 0.25) is 0 Å². The lowest BCUT2D eigenvalue weighted by molar-refractivity contribution is 0.102. The monoisotopic (exact) mass is 381 g/mol. The second-order valence-corrected chi connectivity index (χ2v) is 6.17. The number of benzene rings is 1. The fraction of sp³-hybridized carbons (Fsp3) is 0.273. The van der Waals surface area contributed by atoms with Gasteiger partial charge in [0.25, 0.3) is 5.91 Å². The number of nitrogens with zero attached hydrogens (tertiary/aromatic N) is 1. The summed E-state index contributed by atoms with van der Waals surface area (Å²) in [5, 5.41) is 5.89. The van der Waals surface area contributed by atoms with Gasteiger partial charge in [-0.3, -0.25) is 4.79 Å². The molecule has 5 nitrogen and oxygen atoms in total. The molecule has 6 heteroatoms. The summed E-state index contributed by atoms with van der Waals surface area (Å²) in [5.41, 5.74) is 1.93. The number of hydrogen-bond acceptors (Lipinski definition) is 4. The minimum absolute atomic E-state index is 0.227. The van der Waals surface area contributed by atoms with Crippen molar-refractivity contribution >= 4 is 11.6 Å². The van der Waals surface area contributed by atoms with Crippen molar-refractivity contribution in [3.05, 3.63) is 65.9 Å². The molecule has 0 aliphatic rings. The van der Waals surface area contributed by atoms with E-state index >= 15 is 0 Å². The lowest BCUT2D eigenvalue weighted by Crippen LogP contribution is -2.20. The largest absolute Gasteiger partial charge is 0.479 e. The maximum Gasteiger partial charge on any atom is 0.274 e. The van der Waals surface area contributed by atoms with Gasteiger partial charge in [-0.2, -0.15) is 0 Å². The molecule has 0 radical (unpaired) electrons. The van der Waals surface area contributed by atoms with Gasteiger partial charge >= 0.3 is 0 Å². The van der Waals surface area contributed by atoms with Crippen molar-refractivity contribution in [2.75, 3.05) is 11.9 Å². The average Bonchev–Trinajstić information content (AvgIpc) is 2.68. The molecule has 146 valence electrons. The summed E-state index contributed by atoms with van der Waals surface area (Å²) in [6.45, 7) is 9.57. The van der Waals surface area contributed by atoms with Gasteiger partial charge in [0.05, 0.1) is 12.2 Å². The first-order valence-corrected chi connectivity index (χ1v) is 8.95. The molecule has 1 atom stereocenters. The summed E-state index contributed by atoms with van der Waals surface area (Å²) in [6, 6.07) is 7.47. The third-order valence-corrected chi connectivity index (χ3v) is 3.91. The molecule has 1 amide bonds. The molecule has 0 bridgehead atoms. The number of pyridine rings is 1. The van der Waals surface area contributed by atoms with Crippen LogP contribution in [0.1, 0.15) is 49.3 Å². The molecule has 1 aromatic heterocycles. The lowest BCUT2D eigenvalue weighted by Gasteiger charge is -2.20. The molecule has 0 saturated heterocycles. The second kappa shape index (κ2) is 10.1. The first-order chi connectivity index (χ1) is 13.4. The maximum absolute atomic E-state index is 14.3. The zero-order chi connectivity index (χ0) is 20.5. The highest BCUT2D eigenvalue weighted by Gasteiger charge is 2.16. The molecule has 0 fully saturated rings. The van der Waals surface area contributed by atoms with E-state index in [-0.39, 0.29) is 24.2 Å². The number of ether oxygens (including phenoxy) is 1. The summed E-state index contributed by atoms with van der Waals surface area (Å²) in [6.07, 6.45) is 2.14. The number of nitrogens with one attached hydrogen (secondary N) is 2. The van der Waals surface area contributed by atoms with Crippen molar-refractivity contribution in [3.8, 4) is 17.6 Å². The number of carbonyl (C=O) groups is 1. The predicted molar refractivity (Wildman–Crippen MR) is 109 cm³/mol. The summed E-state index contributed by atoms with van der Waals surface area (Å²) in [4.78, 5) is 16.5. The average molecular weight is 381 g/mol. The standard InChI is InChI=1S/C22H24FN3O2/c1-5-7-12-28-17-9-11-21(24-14-17)22(27)26-16-8-10-19(23)18(13-16)20(6-2)25-15(3)4/h8-11,13-14,20,25H,3,6,12H2,1-2,4H3,(H,26,27). The number of amides is 1. The zero-order valence-corrected chi connectivity index (χ0v) is 16.3. The van der Waals surface area contributed by atoms with Crippen LogP contribution in [0.3, 0.4) is 0 Å². The first-order valence-electron chi connectivity index (χ1n) is 8.95. The number of allylic oxidation sites excluding steroid dienone is 1. The van der Waals surface area contributed by atoms with E-state index in [1.807, 2.05) is 13.8 Å². The highest BCUT2D eigenvalue weighted by molar-refractivity contribution is 6.02. The number of aromatic nitrogens is 1. The molecule has 2 aromatic rings. The van der Waals surface area contributed by atoms with Crippen LogP contribution < -0.4 is 15.4 Å². The number of carbonyl (C=O) groups excluding carboxylic acids is 1. The van der Waals surface area contributed by atoms with Crippen molar-refractivity contribution in [1.29, 1.82) is 0 Å². The van der Waals surface area contributed by atoms with Gasteiger partial charge in [-0.25, -0.2) is 9.37 Å². The maximum atomic E-state index is 14.3. The summed E-state index contributed by atoms with van der Waals surface area (Å²) in [5.74, 6) is 5.31. The molecular weight excluding hydrogens is 357 g/mol. The topological polar surface area (TPSA) is 63.2 Å². The Hall–Kier alpha value is -3.33. The Morgan fingerprint density at radius 1 is 1.36 bits per heavy atom. The van der Waals surface area contributed by atoms with Crippen molar-refractivity contribution in [2.45, 2.75) is 33.2 Å². The molecule has 1 aromatic carbocycles. The van der Waals surface area contributed by atoms with E-state index in [1.54, 1.807) is 25.1 Å². The number of rotatable bonds is 8. The summed E-state index contributed by atoms with van der Waals surface area (Å²) >= 11 is 0. The van der Waals surface area contributed by atoms with Gasteiger partial charge in [0, 0.05) is 16.9 Å². The Labute approximate surface area is 165 Å². The van der Waals surface area contributed by atoms with Crippen LogP contribution in [-0.4, -0.2) is 17.5 Å². The Morgan fingerprint density at radius 3 is 2.75 bits per heavy atom. The van der Waals surface area contributed by atoms with Crippen molar-refractivity contribution in [1.82, 2.24) is 10.3 Å². The van der Waals surface area contributed by atoms with Crippen LogP contribution in [0.5, 0.6) is 5.75 Å². The Morgan fingerprint density at radius 2 is 2.14 bits per heavy atom. The third-order valence-electron chi connectivity index (χ3n) is 3.91. The molecule has 0 spiro atoms. The fourth-order valence-electron chi connectivity index (χ4n) is 2.57. The predicted octanol–water partition coefficient (Wildman–Crippen LogP) is 4.45. The molecule has 1 unspecified atom stereocenters. The third kappa shape index (κ3) is 5.85. The summed E-state index contributed by atoms with van der Waals surface area (Å²) < 4.78 is 19.6. The number of anilines is 1. The Bertz CT molecular complexity index is 898. The van der Waals surface area contributed by atoms with Crippen LogP contribution in [-0.2, 0) is 0 Å². The molecule has 0 saturated carbocycles. The molecular formula is C22H24FN3O2. The first kappa shape index (κ1) is 21.0. The van der Waals surface area contributed by atoms with Crippen molar-refractivity contribution in [2.24, 2.45) is 0 Å². The van der Waals surface area contributed by atoms with E-state index in [9.17, 15) is 9.18 Å². The van der Waals surface area contributed by atoms with Gasteiger partial charge in [0.1, 0.15) is 23.9 Å². The smallest absolute Gasteiger partial charge is 0.274 e. The van der Waals surface area contributed by atoms with E-state index < -0.39 is 5.91 Å². The summed E-state index contributed by atoms with van der Waals surface area (Å²) in [7, 11) is 0. The SMILES string of the molecule is C=C(C)NC(CC)c1cc(NC(=O)c2ccc(OCC#CC)cn2)ccc1F. The molecule has 0 aliphatic heterocycles. The normalized spacial score (nSPS) is 11.0. The zero-order valence-electron chi connectivity index (χ0n) is 16.3. The van der Waals surface area contributed by atoms with Gasteiger partial charge < -0.3 is 15.4 Å². The van der Waals surface area contributed by atoms with E-state index in [0.717, 1.165) is 5.70 Å². The van der Waals surface area contributed by atoms with Crippen LogP contribution in [0.4, 0.5) is 10.1 Å². The van der Waals surface area contributed by atoms with Gasteiger partial charge in [0.15, 0.2) is 0 Å². The minimum Gasteiger partial charge on any atom is -0.479 e. The second-order valence-electron chi connectivity index (χ2n) is 6.17. The van der Waals surface area contributed by atoms with Crippen molar-refractivity contribution in [3.63, 3.8) is 0 Å². The van der Waals surface area contributed by atoms with Gasteiger partial charge in [-0.05, 0) is 50.6 Å². The van der Waals surface area contributed by atoms with Gasteiger partial charge in [0.2, 0.25) is 0 Å². The Kier molecular flexibility index (Phi) is 7.58. The highest BCUT2D eigenvalue weighted by Crippen LogP contribution is 2.25. The minimum atomic E-state index is -0.390. The quantitative estimate of drug-likeness (QED) is 0.663. The van der Waals surface area contributed by atoms with Crippen LogP contribution in [0.25, 0.3) is 0 Å². The van der Waals surface area contributed by atoms with Gasteiger partial charge in [-0.15, -0.1) is 5.92 Å². The van der Waals surface area contributed by atoms with Crippen LogP contribution >= 0.6 is 0 Å². The molecule has 0 aliphatic carbocycles. The molecule has 2 rings (SSSR count). The van der Waals surface area contributed by atoms with E-state index in [4.69, 9.17) is 4.74 Å². The molecule has 1 heterocycles. The van der Waals surface area contributed by atoms with Crippen LogP contribution in [0.15, 0.2) is 48.8 Å². The highest BCUT2D eigenvalue weighted by atomic mass is 19.1. The van der Waals surface area contributed by atoms with Crippen molar-refractivity contribution < 1.29 is 13.9 Å². The van der Waals surface area contributed by atoms with Crippen LogP contribution in [0, 0.1) is 17.7 Å². The van der Waals surface area contributed by atoms with E-state index in [1.165, 1.54) is 18.3 Å². The van der Waals surface area contributed by atoms with Gasteiger partial charge in [-0.1, -0.05) is 19.4 Å². The van der Waals surface area contributed by atoms with E-state index in [2.05, 4.69) is 34.0 Å².